The van der Waals surface area contributed by atoms with Gasteiger partial charge in [0.25, 0.3) is 0 Å². The van der Waals surface area contributed by atoms with Gasteiger partial charge in [0.1, 0.15) is 0 Å². The molecule has 0 aliphatic heterocycles. The molecule has 1 fully saturated rings. The summed E-state index contributed by atoms with van der Waals surface area (Å²) < 4.78 is 37.4. The molecule has 1 heterocycles. The zero-order valence-electron chi connectivity index (χ0n) is 16.1. The molecule has 1 aromatic heterocycles. The minimum Gasteiger partial charge on any atom is -0.361 e. The van der Waals surface area contributed by atoms with Gasteiger partial charge in [0.05, 0.1) is 5.56 Å². The van der Waals surface area contributed by atoms with Crippen molar-refractivity contribution in [1.29, 1.82) is 0 Å². The van der Waals surface area contributed by atoms with Gasteiger partial charge in [0, 0.05) is 23.6 Å². The Kier molecular flexibility index (Phi) is 7.31. The molecule has 148 valence electrons. The number of aromatic nitrogens is 1. The molecule has 2 aromatic carbocycles. The van der Waals surface area contributed by atoms with Gasteiger partial charge in [0.15, 0.2) is 0 Å². The lowest BCUT2D eigenvalue weighted by Crippen LogP contribution is -2.10. The van der Waals surface area contributed by atoms with Crippen LogP contribution in [-0.2, 0) is 12.7 Å². The molecule has 3 aromatic rings. The van der Waals surface area contributed by atoms with Crippen molar-refractivity contribution in [2.75, 3.05) is 14.1 Å². The molecule has 0 amide bonds. The Morgan fingerprint density at radius 1 is 1.04 bits per heavy atom. The summed E-state index contributed by atoms with van der Waals surface area (Å²) in [7, 11) is 4.15. The van der Waals surface area contributed by atoms with Gasteiger partial charge < -0.3 is 9.88 Å². The highest BCUT2D eigenvalue weighted by Crippen LogP contribution is 2.43. The smallest absolute Gasteiger partial charge is 0.361 e. The molecule has 0 saturated heterocycles. The van der Waals surface area contributed by atoms with Crippen LogP contribution in [0.5, 0.6) is 0 Å². The second kappa shape index (κ2) is 9.48. The highest BCUT2D eigenvalue weighted by Gasteiger charge is 2.31. The molecule has 1 saturated carbocycles. The van der Waals surface area contributed by atoms with Gasteiger partial charge in [-0.2, -0.15) is 13.2 Å². The molecule has 0 radical (unpaired) electrons. The predicted octanol–water partition coefficient (Wildman–Crippen LogP) is 6.06. The van der Waals surface area contributed by atoms with Crippen LogP contribution in [0, 0.1) is 12.8 Å². The fourth-order valence-electron chi connectivity index (χ4n) is 3.01. The number of alkyl halides is 3. The maximum Gasteiger partial charge on any atom is 0.416 e. The lowest BCUT2D eigenvalue weighted by atomic mass is 10.1. The lowest BCUT2D eigenvalue weighted by Gasteiger charge is -2.08. The van der Waals surface area contributed by atoms with Crippen molar-refractivity contribution in [2.24, 2.45) is 0 Å². The van der Waals surface area contributed by atoms with Gasteiger partial charge >= 0.3 is 6.18 Å². The van der Waals surface area contributed by atoms with Gasteiger partial charge in [-0.1, -0.05) is 36.4 Å². The Balaban J connectivity index is 0.000000202. The number of nitrogens with one attached hydrogen (secondary N) is 1. The Hall–Kier alpha value is -2.71. The second-order valence-electron chi connectivity index (χ2n) is 7.00. The van der Waals surface area contributed by atoms with E-state index >= 15 is 0 Å². The van der Waals surface area contributed by atoms with Crippen molar-refractivity contribution in [1.82, 2.24) is 9.88 Å². The third-order valence-corrected chi connectivity index (χ3v) is 4.40. The first-order valence-electron chi connectivity index (χ1n) is 9.05. The molecule has 0 bridgehead atoms. The predicted molar refractivity (Wildman–Crippen MR) is 109 cm³/mol. The Morgan fingerprint density at radius 2 is 1.68 bits per heavy atom. The van der Waals surface area contributed by atoms with Crippen LogP contribution >= 0.6 is 0 Å². The summed E-state index contributed by atoms with van der Waals surface area (Å²) >= 11 is 0. The summed E-state index contributed by atoms with van der Waals surface area (Å²) in [5, 5.41) is 0.926. The van der Waals surface area contributed by atoms with E-state index in [4.69, 9.17) is 0 Å². The monoisotopic (exact) mass is 386 g/mol. The van der Waals surface area contributed by atoms with Crippen molar-refractivity contribution in [3.63, 3.8) is 0 Å². The molecule has 28 heavy (non-hydrogen) atoms. The summed E-state index contributed by atoms with van der Waals surface area (Å²) in [6.45, 7) is 1.03. The molecule has 0 unspecified atom stereocenters. The summed E-state index contributed by atoms with van der Waals surface area (Å²) in [6, 6.07) is 14.4. The van der Waals surface area contributed by atoms with E-state index in [1.165, 1.54) is 11.6 Å². The minimum atomic E-state index is -4.26. The number of terminal acetylenes is 1. The van der Waals surface area contributed by atoms with E-state index < -0.39 is 11.7 Å². The quantitative estimate of drug-likeness (QED) is 0.542. The lowest BCUT2D eigenvalue weighted by molar-refractivity contribution is -0.137. The third-order valence-electron chi connectivity index (χ3n) is 4.40. The van der Waals surface area contributed by atoms with Crippen LogP contribution < -0.4 is 0 Å². The Bertz CT molecular complexity index is 888. The number of H-pyrrole nitrogens is 1. The zero-order valence-corrected chi connectivity index (χ0v) is 16.1. The van der Waals surface area contributed by atoms with E-state index in [1.54, 1.807) is 6.07 Å². The van der Waals surface area contributed by atoms with Crippen molar-refractivity contribution >= 4 is 10.9 Å². The topological polar surface area (TPSA) is 19.0 Å². The Morgan fingerprint density at radius 3 is 2.21 bits per heavy atom. The number of fused-ring (bicyclic) bond motifs is 1. The summed E-state index contributed by atoms with van der Waals surface area (Å²) in [6.07, 6.45) is 7.86. The van der Waals surface area contributed by atoms with E-state index in [1.807, 2.05) is 12.3 Å². The number of benzene rings is 2. The van der Waals surface area contributed by atoms with E-state index in [-0.39, 0.29) is 0 Å². The molecule has 1 aliphatic carbocycles. The van der Waals surface area contributed by atoms with E-state index in [0.29, 0.717) is 11.4 Å². The molecule has 0 spiro atoms. The molecule has 4 rings (SSSR count). The van der Waals surface area contributed by atoms with Gasteiger partial charge in [-0.25, -0.2) is 0 Å². The fourth-order valence-corrected chi connectivity index (χ4v) is 3.01. The summed E-state index contributed by atoms with van der Waals surface area (Å²) in [5.74, 6) is 0.547. The average Bonchev–Trinajstić information content (AvgIpc) is 3.42. The first-order chi connectivity index (χ1) is 13.3. The first-order valence-corrected chi connectivity index (χ1v) is 9.05. The second-order valence-corrected chi connectivity index (χ2v) is 7.00. The Labute approximate surface area is 164 Å². The SMILES string of the molecule is C#C.CN(C)Cc1ccccc1.FC(F)(F)c1ccc2c(C3CC3)c[nH]c2c1. The maximum atomic E-state index is 12.5. The van der Waals surface area contributed by atoms with E-state index in [0.717, 1.165) is 36.4 Å². The number of hydrogen-bond donors (Lipinski definition) is 1. The van der Waals surface area contributed by atoms with Crippen LogP contribution in [0.4, 0.5) is 13.2 Å². The zero-order chi connectivity index (χ0) is 20.7. The highest BCUT2D eigenvalue weighted by molar-refractivity contribution is 5.84. The number of rotatable bonds is 3. The molecular formula is C23H25F3N2. The van der Waals surface area contributed by atoms with E-state index in [2.05, 4.69) is 61.1 Å². The molecule has 5 heteroatoms. The first kappa shape index (κ1) is 21.6. The fraction of sp³-hybridized carbons (Fsp3) is 0.304. The van der Waals surface area contributed by atoms with Crippen LogP contribution in [-0.4, -0.2) is 24.0 Å². The number of aromatic amines is 1. The average molecular weight is 386 g/mol. The largest absolute Gasteiger partial charge is 0.416 e. The molecule has 2 nitrogen and oxygen atoms in total. The normalized spacial score (nSPS) is 13.4. The van der Waals surface area contributed by atoms with Crippen LogP contribution in [0.2, 0.25) is 0 Å². The van der Waals surface area contributed by atoms with Crippen LogP contribution in [0.15, 0.2) is 54.7 Å². The van der Waals surface area contributed by atoms with Crippen LogP contribution in [0.1, 0.15) is 35.4 Å². The van der Waals surface area contributed by atoms with Gasteiger partial charge in [-0.3, -0.25) is 0 Å². The van der Waals surface area contributed by atoms with Crippen molar-refractivity contribution in [3.05, 3.63) is 71.4 Å². The molecule has 1 aliphatic rings. The van der Waals surface area contributed by atoms with Gasteiger partial charge in [0.2, 0.25) is 0 Å². The number of halogens is 3. The third kappa shape index (κ3) is 5.90. The molecule has 0 atom stereocenters. The summed E-state index contributed by atoms with van der Waals surface area (Å²) in [5.41, 5.74) is 2.51. The minimum absolute atomic E-state index is 0.547. The number of nitrogens with zero attached hydrogens (tertiary/aromatic N) is 1. The standard InChI is InChI=1S/C12H10F3N.C9H13N.C2H2/c13-12(14,15)8-3-4-9-10(7-1-2-7)6-16-11(9)5-8;1-10(2)8-9-6-4-3-5-7-9;1-2/h3-7,16H,1-2H2;3-7H,8H2,1-2H3;1-2H. The van der Waals surface area contributed by atoms with Gasteiger partial charge in [-0.15, -0.1) is 12.8 Å². The number of hydrogen-bond acceptors (Lipinski definition) is 1. The van der Waals surface area contributed by atoms with Crippen LogP contribution in [0.3, 0.4) is 0 Å². The van der Waals surface area contributed by atoms with Gasteiger partial charge in [-0.05, 0) is 56.1 Å². The molecule has 1 N–H and O–H groups in total. The highest BCUT2D eigenvalue weighted by atomic mass is 19.4. The van der Waals surface area contributed by atoms with E-state index in [9.17, 15) is 13.2 Å². The van der Waals surface area contributed by atoms with Crippen molar-refractivity contribution in [2.45, 2.75) is 31.5 Å². The van der Waals surface area contributed by atoms with Crippen LogP contribution in [0.25, 0.3) is 10.9 Å². The molecular weight excluding hydrogens is 361 g/mol. The maximum absolute atomic E-state index is 12.5. The summed E-state index contributed by atoms with van der Waals surface area (Å²) in [4.78, 5) is 5.08. The van der Waals surface area contributed by atoms with Crippen molar-refractivity contribution < 1.29 is 13.2 Å². The van der Waals surface area contributed by atoms with Crippen molar-refractivity contribution in [3.8, 4) is 12.8 Å².